The SMILES string of the molecule is CN(C)CCCNC(=O)Nc1cccnc1SCC(=O)Nc1cc(Cl)cc(Cl)c1. The minimum atomic E-state index is -0.309. The Morgan fingerprint density at radius 3 is 2.55 bits per heavy atom. The predicted molar refractivity (Wildman–Crippen MR) is 120 cm³/mol. The number of halogens is 2. The molecule has 1 heterocycles. The van der Waals surface area contributed by atoms with Gasteiger partial charge in [0.25, 0.3) is 0 Å². The van der Waals surface area contributed by atoms with E-state index in [-0.39, 0.29) is 17.7 Å². The van der Waals surface area contributed by atoms with Gasteiger partial charge in [-0.25, -0.2) is 9.78 Å². The van der Waals surface area contributed by atoms with Crippen LogP contribution in [0.2, 0.25) is 10.0 Å². The Morgan fingerprint density at radius 1 is 1.14 bits per heavy atom. The third kappa shape index (κ3) is 8.91. The second kappa shape index (κ2) is 11.9. The van der Waals surface area contributed by atoms with E-state index in [9.17, 15) is 9.59 Å². The molecule has 0 spiro atoms. The first-order chi connectivity index (χ1) is 13.8. The van der Waals surface area contributed by atoms with Crippen LogP contribution in [-0.2, 0) is 4.79 Å². The summed E-state index contributed by atoms with van der Waals surface area (Å²) in [5, 5.41) is 9.74. The lowest BCUT2D eigenvalue weighted by atomic mass is 10.3. The highest BCUT2D eigenvalue weighted by molar-refractivity contribution is 8.00. The van der Waals surface area contributed by atoms with Crippen molar-refractivity contribution in [3.8, 4) is 0 Å². The lowest BCUT2D eigenvalue weighted by Gasteiger charge is -2.12. The molecule has 7 nitrogen and oxygen atoms in total. The van der Waals surface area contributed by atoms with Gasteiger partial charge in [-0.2, -0.15) is 0 Å². The molecule has 0 unspecified atom stereocenters. The Morgan fingerprint density at radius 2 is 1.86 bits per heavy atom. The molecule has 2 aromatic rings. The van der Waals surface area contributed by atoms with Crippen LogP contribution in [0.3, 0.4) is 0 Å². The number of pyridine rings is 1. The molecule has 1 aromatic heterocycles. The molecule has 0 aliphatic carbocycles. The largest absolute Gasteiger partial charge is 0.338 e. The number of hydrogen-bond acceptors (Lipinski definition) is 5. The van der Waals surface area contributed by atoms with Gasteiger partial charge in [-0.1, -0.05) is 35.0 Å². The summed E-state index contributed by atoms with van der Waals surface area (Å²) >= 11 is 13.1. The quantitative estimate of drug-likeness (QED) is 0.389. The molecule has 0 saturated heterocycles. The van der Waals surface area contributed by atoms with Crippen molar-refractivity contribution >= 4 is 58.3 Å². The van der Waals surface area contributed by atoms with Crippen molar-refractivity contribution in [2.24, 2.45) is 0 Å². The van der Waals surface area contributed by atoms with Crippen molar-refractivity contribution in [1.82, 2.24) is 15.2 Å². The molecule has 0 fully saturated rings. The number of hydrogen-bond donors (Lipinski definition) is 3. The van der Waals surface area contributed by atoms with Gasteiger partial charge in [-0.3, -0.25) is 4.79 Å². The summed E-state index contributed by atoms with van der Waals surface area (Å²) in [6.45, 7) is 1.46. The van der Waals surface area contributed by atoms with Crippen molar-refractivity contribution in [1.29, 1.82) is 0 Å². The molecule has 0 atom stereocenters. The Bertz CT molecular complexity index is 831. The third-order valence-electron chi connectivity index (χ3n) is 3.57. The Hall–Kier alpha value is -2.00. The van der Waals surface area contributed by atoms with Crippen molar-refractivity contribution in [3.05, 3.63) is 46.6 Å². The summed E-state index contributed by atoms with van der Waals surface area (Å²) in [6.07, 6.45) is 2.46. The van der Waals surface area contributed by atoms with Crippen molar-refractivity contribution in [3.63, 3.8) is 0 Å². The average Bonchev–Trinajstić information content (AvgIpc) is 2.63. The second-order valence-corrected chi connectivity index (χ2v) is 8.23. The monoisotopic (exact) mass is 455 g/mol. The van der Waals surface area contributed by atoms with E-state index in [2.05, 4.69) is 25.8 Å². The molecule has 10 heteroatoms. The first kappa shape index (κ1) is 23.3. The van der Waals surface area contributed by atoms with Crippen LogP contribution in [0.4, 0.5) is 16.2 Å². The smallest absolute Gasteiger partial charge is 0.319 e. The third-order valence-corrected chi connectivity index (χ3v) is 5.02. The zero-order valence-corrected chi connectivity index (χ0v) is 18.5. The number of nitrogens with one attached hydrogen (secondary N) is 3. The number of amides is 3. The summed E-state index contributed by atoms with van der Waals surface area (Å²) in [6, 6.07) is 7.97. The molecule has 156 valence electrons. The van der Waals surface area contributed by atoms with Gasteiger partial charge in [-0.05, 0) is 57.4 Å². The van der Waals surface area contributed by atoms with E-state index in [4.69, 9.17) is 23.2 Å². The maximum Gasteiger partial charge on any atom is 0.319 e. The van der Waals surface area contributed by atoms with Crippen LogP contribution in [0.15, 0.2) is 41.6 Å². The van der Waals surface area contributed by atoms with Gasteiger partial charge >= 0.3 is 6.03 Å². The van der Waals surface area contributed by atoms with Crippen molar-refractivity contribution < 1.29 is 9.59 Å². The highest BCUT2D eigenvalue weighted by Crippen LogP contribution is 2.26. The lowest BCUT2D eigenvalue weighted by Crippen LogP contribution is -2.31. The number of urea groups is 1. The van der Waals surface area contributed by atoms with E-state index in [0.29, 0.717) is 33.0 Å². The fourth-order valence-electron chi connectivity index (χ4n) is 2.32. The molecule has 3 amide bonds. The van der Waals surface area contributed by atoms with Crippen LogP contribution in [0, 0.1) is 0 Å². The number of benzene rings is 1. The molecular formula is C19H23Cl2N5O2S. The Kier molecular flexibility index (Phi) is 9.53. The van der Waals surface area contributed by atoms with Crippen molar-refractivity contribution in [2.45, 2.75) is 11.4 Å². The topological polar surface area (TPSA) is 86.4 Å². The lowest BCUT2D eigenvalue weighted by molar-refractivity contribution is -0.113. The van der Waals surface area contributed by atoms with Crippen LogP contribution in [0.1, 0.15) is 6.42 Å². The number of rotatable bonds is 9. The van der Waals surface area contributed by atoms with Gasteiger partial charge in [0.1, 0.15) is 5.03 Å². The maximum atomic E-state index is 12.2. The molecule has 29 heavy (non-hydrogen) atoms. The molecule has 2 rings (SSSR count). The second-order valence-electron chi connectivity index (χ2n) is 6.39. The Balaban J connectivity index is 1.86. The van der Waals surface area contributed by atoms with Gasteiger partial charge in [0, 0.05) is 28.5 Å². The predicted octanol–water partition coefficient (Wildman–Crippen LogP) is 4.19. The molecule has 0 saturated carbocycles. The van der Waals surface area contributed by atoms with Crippen LogP contribution in [-0.4, -0.2) is 54.8 Å². The molecule has 0 bridgehead atoms. The summed E-state index contributed by atoms with van der Waals surface area (Å²) in [7, 11) is 3.96. The van der Waals surface area contributed by atoms with Crippen LogP contribution in [0.25, 0.3) is 0 Å². The number of nitrogens with zero attached hydrogens (tertiary/aromatic N) is 2. The minimum Gasteiger partial charge on any atom is -0.338 e. The van der Waals surface area contributed by atoms with E-state index >= 15 is 0 Å². The summed E-state index contributed by atoms with van der Waals surface area (Å²) < 4.78 is 0. The first-order valence-electron chi connectivity index (χ1n) is 8.87. The van der Waals surface area contributed by atoms with Crippen molar-refractivity contribution in [2.75, 3.05) is 43.6 Å². The molecule has 3 N–H and O–H groups in total. The molecule has 0 aliphatic heterocycles. The van der Waals surface area contributed by atoms with E-state index in [0.717, 1.165) is 13.0 Å². The van der Waals surface area contributed by atoms with Crippen LogP contribution in [0.5, 0.6) is 0 Å². The molecular weight excluding hydrogens is 433 g/mol. The van der Waals surface area contributed by atoms with E-state index in [1.54, 1.807) is 36.5 Å². The Labute approximate surface area is 184 Å². The number of carbonyl (C=O) groups is 2. The van der Waals surface area contributed by atoms with Gasteiger partial charge in [-0.15, -0.1) is 0 Å². The highest BCUT2D eigenvalue weighted by atomic mass is 35.5. The summed E-state index contributed by atoms with van der Waals surface area (Å²) in [4.78, 5) is 30.6. The van der Waals surface area contributed by atoms with Gasteiger partial charge < -0.3 is 20.9 Å². The fourth-order valence-corrected chi connectivity index (χ4v) is 3.60. The summed E-state index contributed by atoms with van der Waals surface area (Å²) in [5.74, 6) is -0.127. The maximum absolute atomic E-state index is 12.2. The highest BCUT2D eigenvalue weighted by Gasteiger charge is 2.11. The minimum absolute atomic E-state index is 0.111. The average molecular weight is 456 g/mol. The number of anilines is 2. The zero-order chi connectivity index (χ0) is 21.2. The number of aromatic nitrogens is 1. The zero-order valence-electron chi connectivity index (χ0n) is 16.2. The fraction of sp³-hybridized carbons (Fsp3) is 0.316. The van der Waals surface area contributed by atoms with Gasteiger partial charge in [0.15, 0.2) is 0 Å². The molecule has 1 aromatic carbocycles. The van der Waals surface area contributed by atoms with E-state index in [1.165, 1.54) is 11.8 Å². The standard InChI is InChI=1S/C19H23Cl2N5O2S/c1-26(2)8-4-7-23-19(28)25-16-5-3-6-22-18(16)29-12-17(27)24-15-10-13(20)9-14(21)11-15/h3,5-6,9-11H,4,7-8,12H2,1-2H3,(H,24,27)(H2,23,25,28). The first-order valence-corrected chi connectivity index (χ1v) is 10.6. The van der Waals surface area contributed by atoms with E-state index < -0.39 is 0 Å². The molecule has 0 aliphatic rings. The summed E-state index contributed by atoms with van der Waals surface area (Å²) in [5.41, 5.74) is 1.06. The van der Waals surface area contributed by atoms with Gasteiger partial charge in [0.05, 0.1) is 11.4 Å². The number of thioether (sulfide) groups is 1. The van der Waals surface area contributed by atoms with Crippen LogP contribution >= 0.6 is 35.0 Å². The normalized spacial score (nSPS) is 10.7. The molecule has 0 radical (unpaired) electrons. The van der Waals surface area contributed by atoms with E-state index in [1.807, 2.05) is 14.1 Å². The van der Waals surface area contributed by atoms with Gasteiger partial charge in [0.2, 0.25) is 5.91 Å². The number of carbonyl (C=O) groups excluding carboxylic acids is 2. The van der Waals surface area contributed by atoms with Crippen LogP contribution < -0.4 is 16.0 Å².